The van der Waals surface area contributed by atoms with Crippen LogP contribution in [0.25, 0.3) is 0 Å². The Kier molecular flexibility index (Phi) is 1.73. The minimum absolute atomic E-state index is 0.0167. The first kappa shape index (κ1) is 7.55. The van der Waals surface area contributed by atoms with Gasteiger partial charge in [0.2, 0.25) is 0 Å². The standard InChI is InChI=1S/C9H11FN2/c10-6-1-2-9-7(5-6)8(11)3-4-12-9/h1-2,5,8,12H,3-4,11H2/t8-/m1/s1. The van der Waals surface area contributed by atoms with Gasteiger partial charge in [-0.2, -0.15) is 0 Å². The van der Waals surface area contributed by atoms with Crippen LogP contribution >= 0.6 is 0 Å². The highest BCUT2D eigenvalue weighted by molar-refractivity contribution is 5.54. The average Bonchev–Trinajstić information content (AvgIpc) is 2.07. The van der Waals surface area contributed by atoms with Crippen molar-refractivity contribution in [1.29, 1.82) is 0 Å². The Hall–Kier alpha value is -1.09. The van der Waals surface area contributed by atoms with Gasteiger partial charge in [-0.25, -0.2) is 4.39 Å². The van der Waals surface area contributed by atoms with Gasteiger partial charge >= 0.3 is 0 Å². The van der Waals surface area contributed by atoms with E-state index in [1.165, 1.54) is 12.1 Å². The van der Waals surface area contributed by atoms with Crippen LogP contribution in [0.3, 0.4) is 0 Å². The van der Waals surface area contributed by atoms with Crippen LogP contribution < -0.4 is 11.1 Å². The van der Waals surface area contributed by atoms with Crippen LogP contribution in [0.4, 0.5) is 10.1 Å². The van der Waals surface area contributed by atoms with Gasteiger partial charge in [0.05, 0.1) is 0 Å². The normalized spacial score (nSPS) is 21.3. The van der Waals surface area contributed by atoms with Crippen LogP contribution in [0.5, 0.6) is 0 Å². The fourth-order valence-corrected chi connectivity index (χ4v) is 1.52. The van der Waals surface area contributed by atoms with Crippen molar-refractivity contribution in [2.24, 2.45) is 5.73 Å². The second-order valence-corrected chi connectivity index (χ2v) is 3.05. The van der Waals surface area contributed by atoms with Crippen molar-refractivity contribution >= 4 is 5.69 Å². The number of nitrogens with one attached hydrogen (secondary N) is 1. The van der Waals surface area contributed by atoms with Gasteiger partial charge in [-0.05, 0) is 30.2 Å². The third-order valence-corrected chi connectivity index (χ3v) is 2.18. The van der Waals surface area contributed by atoms with E-state index in [1.807, 2.05) is 0 Å². The molecule has 0 saturated carbocycles. The van der Waals surface area contributed by atoms with E-state index in [1.54, 1.807) is 6.07 Å². The lowest BCUT2D eigenvalue weighted by Gasteiger charge is -2.23. The molecule has 0 spiro atoms. The minimum Gasteiger partial charge on any atom is -0.385 e. The zero-order valence-corrected chi connectivity index (χ0v) is 6.68. The summed E-state index contributed by atoms with van der Waals surface area (Å²) in [5.41, 5.74) is 7.67. The van der Waals surface area contributed by atoms with Gasteiger partial charge in [0.1, 0.15) is 5.82 Å². The Morgan fingerprint density at radius 3 is 3.17 bits per heavy atom. The molecule has 64 valence electrons. The van der Waals surface area contributed by atoms with Crippen LogP contribution in [0.15, 0.2) is 18.2 Å². The highest BCUT2D eigenvalue weighted by atomic mass is 19.1. The zero-order chi connectivity index (χ0) is 8.55. The SMILES string of the molecule is N[C@@H]1CCNc2ccc(F)cc21. The van der Waals surface area contributed by atoms with Crippen molar-refractivity contribution in [3.05, 3.63) is 29.6 Å². The number of rotatable bonds is 0. The number of nitrogens with two attached hydrogens (primary N) is 1. The van der Waals surface area contributed by atoms with Crippen LogP contribution in [-0.4, -0.2) is 6.54 Å². The van der Waals surface area contributed by atoms with E-state index in [0.717, 1.165) is 24.2 Å². The molecule has 3 N–H and O–H groups in total. The van der Waals surface area contributed by atoms with Crippen LogP contribution in [0.2, 0.25) is 0 Å². The number of fused-ring (bicyclic) bond motifs is 1. The molecule has 0 aliphatic carbocycles. The molecule has 0 amide bonds. The van der Waals surface area contributed by atoms with E-state index >= 15 is 0 Å². The zero-order valence-electron chi connectivity index (χ0n) is 6.68. The Bertz CT molecular complexity index is 299. The molecular weight excluding hydrogens is 155 g/mol. The number of anilines is 1. The van der Waals surface area contributed by atoms with Gasteiger partial charge in [0.25, 0.3) is 0 Å². The number of halogens is 1. The fraction of sp³-hybridized carbons (Fsp3) is 0.333. The molecule has 0 aromatic heterocycles. The third-order valence-electron chi connectivity index (χ3n) is 2.18. The van der Waals surface area contributed by atoms with E-state index < -0.39 is 0 Å². The summed E-state index contributed by atoms with van der Waals surface area (Å²) in [7, 11) is 0. The first-order valence-electron chi connectivity index (χ1n) is 4.06. The molecule has 0 saturated heterocycles. The Morgan fingerprint density at radius 2 is 2.33 bits per heavy atom. The summed E-state index contributed by atoms with van der Waals surface area (Å²) in [4.78, 5) is 0. The van der Waals surface area contributed by atoms with E-state index in [-0.39, 0.29) is 11.9 Å². The van der Waals surface area contributed by atoms with Crippen molar-refractivity contribution < 1.29 is 4.39 Å². The minimum atomic E-state index is -0.215. The van der Waals surface area contributed by atoms with E-state index in [9.17, 15) is 4.39 Å². The summed E-state index contributed by atoms with van der Waals surface area (Å²) in [6.07, 6.45) is 0.871. The fourth-order valence-electron chi connectivity index (χ4n) is 1.52. The summed E-state index contributed by atoms with van der Waals surface area (Å²) in [5.74, 6) is -0.215. The Morgan fingerprint density at radius 1 is 1.50 bits per heavy atom. The molecule has 12 heavy (non-hydrogen) atoms. The van der Waals surface area contributed by atoms with Crippen LogP contribution in [-0.2, 0) is 0 Å². The quantitative estimate of drug-likeness (QED) is 0.615. The van der Waals surface area contributed by atoms with Crippen molar-refractivity contribution in [2.75, 3.05) is 11.9 Å². The van der Waals surface area contributed by atoms with E-state index in [4.69, 9.17) is 5.73 Å². The molecule has 0 radical (unpaired) electrons. The topological polar surface area (TPSA) is 38.0 Å². The van der Waals surface area contributed by atoms with Crippen LogP contribution in [0, 0.1) is 5.82 Å². The maximum atomic E-state index is 12.8. The molecule has 3 heteroatoms. The Balaban J connectivity index is 2.47. The molecule has 2 rings (SSSR count). The highest BCUT2D eigenvalue weighted by Gasteiger charge is 2.16. The molecule has 1 aromatic rings. The van der Waals surface area contributed by atoms with Crippen molar-refractivity contribution in [3.63, 3.8) is 0 Å². The first-order valence-corrected chi connectivity index (χ1v) is 4.06. The molecule has 0 bridgehead atoms. The maximum Gasteiger partial charge on any atom is 0.123 e. The number of hydrogen-bond acceptors (Lipinski definition) is 2. The lowest BCUT2D eigenvalue weighted by atomic mass is 9.99. The van der Waals surface area contributed by atoms with Gasteiger partial charge in [-0.15, -0.1) is 0 Å². The summed E-state index contributed by atoms with van der Waals surface area (Å²) in [6.45, 7) is 0.875. The monoisotopic (exact) mass is 166 g/mol. The maximum absolute atomic E-state index is 12.8. The van der Waals surface area contributed by atoms with Gasteiger partial charge in [0.15, 0.2) is 0 Å². The molecule has 1 heterocycles. The molecule has 0 fully saturated rings. The van der Waals surface area contributed by atoms with Crippen molar-refractivity contribution in [1.82, 2.24) is 0 Å². The lowest BCUT2D eigenvalue weighted by Crippen LogP contribution is -2.22. The molecule has 2 nitrogen and oxygen atoms in total. The van der Waals surface area contributed by atoms with Gasteiger partial charge < -0.3 is 11.1 Å². The summed E-state index contributed by atoms with van der Waals surface area (Å²) < 4.78 is 12.8. The molecule has 1 aliphatic heterocycles. The van der Waals surface area contributed by atoms with Crippen molar-refractivity contribution in [2.45, 2.75) is 12.5 Å². The molecule has 1 aliphatic rings. The predicted molar refractivity (Wildman–Crippen MR) is 46.4 cm³/mol. The Labute approximate surface area is 70.6 Å². The third kappa shape index (κ3) is 1.16. The summed E-state index contributed by atoms with van der Waals surface area (Å²) in [5, 5.41) is 3.17. The smallest absolute Gasteiger partial charge is 0.123 e. The van der Waals surface area contributed by atoms with E-state index in [2.05, 4.69) is 5.32 Å². The predicted octanol–water partition coefficient (Wildman–Crippen LogP) is 1.64. The summed E-state index contributed by atoms with van der Waals surface area (Å²) >= 11 is 0. The molecule has 0 unspecified atom stereocenters. The summed E-state index contributed by atoms with van der Waals surface area (Å²) in [6, 6.07) is 4.68. The molecule has 1 atom stereocenters. The second kappa shape index (κ2) is 2.75. The van der Waals surface area contributed by atoms with Gasteiger partial charge in [-0.1, -0.05) is 0 Å². The van der Waals surface area contributed by atoms with E-state index in [0.29, 0.717) is 0 Å². The molecular formula is C9H11FN2. The molecule has 1 aromatic carbocycles. The number of benzene rings is 1. The lowest BCUT2D eigenvalue weighted by molar-refractivity contribution is 0.608. The van der Waals surface area contributed by atoms with Crippen LogP contribution in [0.1, 0.15) is 18.0 Å². The van der Waals surface area contributed by atoms with Crippen molar-refractivity contribution in [3.8, 4) is 0 Å². The number of hydrogen-bond donors (Lipinski definition) is 2. The van der Waals surface area contributed by atoms with Gasteiger partial charge in [0, 0.05) is 18.3 Å². The first-order chi connectivity index (χ1) is 5.77. The second-order valence-electron chi connectivity index (χ2n) is 3.05. The largest absolute Gasteiger partial charge is 0.385 e. The highest BCUT2D eigenvalue weighted by Crippen LogP contribution is 2.28. The average molecular weight is 166 g/mol. The van der Waals surface area contributed by atoms with Gasteiger partial charge in [-0.3, -0.25) is 0 Å².